The first-order valence-electron chi connectivity index (χ1n) is 10.8. The van der Waals surface area contributed by atoms with E-state index in [0.717, 1.165) is 30.6 Å². The normalized spacial score (nSPS) is 15.8. The Balaban J connectivity index is 1.53. The Labute approximate surface area is 188 Å². The average molecular weight is 443 g/mol. The summed E-state index contributed by atoms with van der Waals surface area (Å²) >= 11 is 0. The quantitative estimate of drug-likeness (QED) is 0.372. The fourth-order valence-electron chi connectivity index (χ4n) is 3.70. The van der Waals surface area contributed by atoms with Crippen LogP contribution in [-0.2, 0) is 15.9 Å². The molecule has 2 N–H and O–H groups in total. The summed E-state index contributed by atoms with van der Waals surface area (Å²) in [7, 11) is 3.11. The van der Waals surface area contributed by atoms with Crippen LogP contribution in [0.2, 0.25) is 0 Å². The molecule has 0 bridgehead atoms. The number of rotatable bonds is 8. The minimum Gasteiger partial charge on any atom is -0.465 e. The summed E-state index contributed by atoms with van der Waals surface area (Å²) in [5.74, 6) is 0.131. The summed E-state index contributed by atoms with van der Waals surface area (Å²) < 4.78 is 23.6. The Morgan fingerprint density at radius 1 is 1.12 bits per heavy atom. The number of hydrogen-bond acceptors (Lipinski definition) is 5. The molecule has 7 nitrogen and oxygen atoms in total. The smallest absolute Gasteiger partial charge is 0.337 e. The number of esters is 1. The van der Waals surface area contributed by atoms with E-state index in [4.69, 9.17) is 9.47 Å². The summed E-state index contributed by atoms with van der Waals surface area (Å²) in [6.07, 6.45) is 0.785. The van der Waals surface area contributed by atoms with Crippen LogP contribution >= 0.6 is 0 Å². The second-order valence-corrected chi connectivity index (χ2v) is 7.53. The van der Waals surface area contributed by atoms with Gasteiger partial charge in [-0.05, 0) is 41.8 Å². The molecular formula is C24H31FN4O3. The Bertz CT molecular complexity index is 881. The van der Waals surface area contributed by atoms with Crippen LogP contribution in [0.25, 0.3) is 0 Å². The lowest BCUT2D eigenvalue weighted by atomic mass is 10.0. The number of morpholine rings is 1. The molecular weight excluding hydrogens is 411 g/mol. The fourth-order valence-corrected chi connectivity index (χ4v) is 3.70. The number of guanidine groups is 1. The maximum absolute atomic E-state index is 13.4. The topological polar surface area (TPSA) is 75.2 Å². The summed E-state index contributed by atoms with van der Waals surface area (Å²) in [5.41, 5.74) is 2.71. The van der Waals surface area contributed by atoms with Gasteiger partial charge in [-0.15, -0.1) is 0 Å². The average Bonchev–Trinajstić information content (AvgIpc) is 2.84. The number of nitrogens with one attached hydrogen (secondary N) is 2. The predicted molar refractivity (Wildman–Crippen MR) is 122 cm³/mol. The Morgan fingerprint density at radius 2 is 1.81 bits per heavy atom. The molecule has 1 saturated heterocycles. The number of ether oxygens (including phenoxy) is 2. The molecule has 2 aromatic carbocycles. The maximum Gasteiger partial charge on any atom is 0.337 e. The molecule has 1 fully saturated rings. The van der Waals surface area contributed by atoms with Crippen LogP contribution < -0.4 is 10.6 Å². The Kier molecular flexibility index (Phi) is 9.01. The van der Waals surface area contributed by atoms with Crippen LogP contribution in [0.4, 0.5) is 4.39 Å². The number of nitrogens with zero attached hydrogens (tertiary/aromatic N) is 2. The van der Waals surface area contributed by atoms with E-state index in [2.05, 4.69) is 20.5 Å². The van der Waals surface area contributed by atoms with Gasteiger partial charge in [-0.3, -0.25) is 9.89 Å². The lowest BCUT2D eigenvalue weighted by molar-refractivity contribution is 0.0170. The van der Waals surface area contributed by atoms with Crippen LogP contribution in [0.5, 0.6) is 0 Å². The SMILES string of the molecule is CN=C(NCCc1ccc(C(=O)OC)cc1)NCC(c1ccc(F)cc1)N1CCOCC1. The van der Waals surface area contributed by atoms with Gasteiger partial charge in [0.1, 0.15) is 5.82 Å². The van der Waals surface area contributed by atoms with Crippen LogP contribution in [-0.4, -0.2) is 70.4 Å². The predicted octanol–water partition coefficient (Wildman–Crippen LogP) is 2.39. The van der Waals surface area contributed by atoms with Crippen molar-refractivity contribution in [2.24, 2.45) is 4.99 Å². The Morgan fingerprint density at radius 3 is 2.44 bits per heavy atom. The van der Waals surface area contributed by atoms with Crippen LogP contribution in [0.15, 0.2) is 53.5 Å². The van der Waals surface area contributed by atoms with Crippen molar-refractivity contribution in [1.82, 2.24) is 15.5 Å². The molecule has 1 heterocycles. The van der Waals surface area contributed by atoms with Crippen LogP contribution in [0, 0.1) is 5.82 Å². The van der Waals surface area contributed by atoms with Gasteiger partial charge in [0.15, 0.2) is 5.96 Å². The van der Waals surface area contributed by atoms with Gasteiger partial charge >= 0.3 is 5.97 Å². The number of halogens is 1. The van der Waals surface area contributed by atoms with E-state index in [1.807, 2.05) is 24.3 Å². The van der Waals surface area contributed by atoms with Crippen LogP contribution in [0.3, 0.4) is 0 Å². The van der Waals surface area contributed by atoms with Crippen molar-refractivity contribution >= 4 is 11.9 Å². The molecule has 0 saturated carbocycles. The molecule has 172 valence electrons. The van der Waals surface area contributed by atoms with Crippen molar-refractivity contribution in [3.8, 4) is 0 Å². The van der Waals surface area contributed by atoms with E-state index in [1.54, 1.807) is 19.2 Å². The fraction of sp³-hybridized carbons (Fsp3) is 0.417. The first kappa shape index (κ1) is 23.7. The zero-order valence-corrected chi connectivity index (χ0v) is 18.6. The summed E-state index contributed by atoms with van der Waals surface area (Å²) in [6, 6.07) is 14.1. The van der Waals surface area contributed by atoms with E-state index in [-0.39, 0.29) is 17.8 Å². The molecule has 0 spiro atoms. The van der Waals surface area contributed by atoms with Gasteiger partial charge in [0.2, 0.25) is 0 Å². The molecule has 1 atom stereocenters. The second-order valence-electron chi connectivity index (χ2n) is 7.53. The third-order valence-corrected chi connectivity index (χ3v) is 5.51. The van der Waals surface area contributed by atoms with E-state index >= 15 is 0 Å². The summed E-state index contributed by atoms with van der Waals surface area (Å²) in [6.45, 7) is 4.38. The highest BCUT2D eigenvalue weighted by Crippen LogP contribution is 2.21. The summed E-state index contributed by atoms with van der Waals surface area (Å²) in [5, 5.41) is 6.73. The first-order chi connectivity index (χ1) is 15.6. The van der Waals surface area contributed by atoms with Gasteiger partial charge in [-0.1, -0.05) is 24.3 Å². The number of benzene rings is 2. The highest BCUT2D eigenvalue weighted by Gasteiger charge is 2.23. The molecule has 8 heteroatoms. The van der Waals surface area contributed by atoms with E-state index in [0.29, 0.717) is 37.8 Å². The van der Waals surface area contributed by atoms with Gasteiger partial charge in [0, 0.05) is 33.2 Å². The maximum atomic E-state index is 13.4. The number of carbonyl (C=O) groups excluding carboxylic acids is 1. The number of hydrogen-bond donors (Lipinski definition) is 2. The van der Waals surface area contributed by atoms with Crippen molar-refractivity contribution < 1.29 is 18.7 Å². The third kappa shape index (κ3) is 6.77. The minimum absolute atomic E-state index is 0.0870. The lowest BCUT2D eigenvalue weighted by Crippen LogP contribution is -2.46. The van der Waals surface area contributed by atoms with E-state index in [9.17, 15) is 9.18 Å². The standard InChI is InChI=1S/C24H31FN4O3/c1-26-24(27-12-11-18-3-5-20(6-4-18)23(30)31-2)28-17-22(29-13-15-32-16-14-29)19-7-9-21(25)10-8-19/h3-10,22H,11-17H2,1-2H3,(H2,26,27,28). The molecule has 0 amide bonds. The monoisotopic (exact) mass is 442 g/mol. The van der Waals surface area contributed by atoms with Crippen molar-refractivity contribution in [3.05, 3.63) is 71.0 Å². The molecule has 2 aromatic rings. The number of methoxy groups -OCH3 is 1. The van der Waals surface area contributed by atoms with E-state index < -0.39 is 0 Å². The molecule has 1 aliphatic heterocycles. The zero-order valence-electron chi connectivity index (χ0n) is 18.6. The lowest BCUT2D eigenvalue weighted by Gasteiger charge is -2.35. The molecule has 0 radical (unpaired) electrons. The largest absolute Gasteiger partial charge is 0.465 e. The van der Waals surface area contributed by atoms with Crippen LogP contribution in [0.1, 0.15) is 27.5 Å². The first-order valence-corrected chi connectivity index (χ1v) is 10.8. The molecule has 0 aromatic heterocycles. The van der Waals surface area contributed by atoms with Gasteiger partial charge in [0.25, 0.3) is 0 Å². The second kappa shape index (κ2) is 12.2. The van der Waals surface area contributed by atoms with Crippen molar-refractivity contribution in [2.75, 3.05) is 53.6 Å². The number of carbonyl (C=O) groups is 1. The van der Waals surface area contributed by atoms with Crippen molar-refractivity contribution in [2.45, 2.75) is 12.5 Å². The van der Waals surface area contributed by atoms with Gasteiger partial charge < -0.3 is 20.1 Å². The van der Waals surface area contributed by atoms with Gasteiger partial charge in [-0.25, -0.2) is 9.18 Å². The summed E-state index contributed by atoms with van der Waals surface area (Å²) in [4.78, 5) is 18.2. The molecule has 1 aliphatic rings. The third-order valence-electron chi connectivity index (χ3n) is 5.51. The zero-order chi connectivity index (χ0) is 22.8. The molecule has 1 unspecified atom stereocenters. The molecule has 32 heavy (non-hydrogen) atoms. The van der Waals surface area contributed by atoms with E-state index in [1.165, 1.54) is 19.2 Å². The Hall–Kier alpha value is -2.97. The van der Waals surface area contributed by atoms with Crippen molar-refractivity contribution in [1.29, 1.82) is 0 Å². The molecule has 0 aliphatic carbocycles. The number of aliphatic imine (C=N–C) groups is 1. The van der Waals surface area contributed by atoms with Crippen molar-refractivity contribution in [3.63, 3.8) is 0 Å². The highest BCUT2D eigenvalue weighted by molar-refractivity contribution is 5.89. The van der Waals surface area contributed by atoms with Gasteiger partial charge in [-0.2, -0.15) is 0 Å². The van der Waals surface area contributed by atoms with Gasteiger partial charge in [0.05, 0.1) is 31.9 Å². The minimum atomic E-state index is -0.338. The molecule has 3 rings (SSSR count). The highest BCUT2D eigenvalue weighted by atomic mass is 19.1.